The Bertz CT molecular complexity index is 363. The van der Waals surface area contributed by atoms with Crippen molar-refractivity contribution in [2.24, 2.45) is 5.92 Å². The third kappa shape index (κ3) is 7.11. The second kappa shape index (κ2) is 10.8. The van der Waals surface area contributed by atoms with Gasteiger partial charge in [0.05, 0.1) is 13.2 Å². The van der Waals surface area contributed by atoms with E-state index in [0.29, 0.717) is 25.2 Å². The van der Waals surface area contributed by atoms with Crippen molar-refractivity contribution < 1.29 is 9.47 Å². The van der Waals surface area contributed by atoms with Gasteiger partial charge in [-0.05, 0) is 36.9 Å². The van der Waals surface area contributed by atoms with Crippen LogP contribution in [0.25, 0.3) is 0 Å². The third-order valence-electron chi connectivity index (χ3n) is 3.55. The van der Waals surface area contributed by atoms with Crippen molar-refractivity contribution in [1.82, 2.24) is 9.88 Å². The Kier molecular flexibility index (Phi) is 9.39. The molecular weight excluding hydrogens is 264 g/mol. The molecule has 0 bridgehead atoms. The van der Waals surface area contributed by atoms with E-state index >= 15 is 0 Å². The summed E-state index contributed by atoms with van der Waals surface area (Å²) in [6.07, 6.45) is 6.64. The molecule has 0 aromatic carbocycles. The zero-order valence-electron chi connectivity index (χ0n) is 14.1. The molecule has 0 saturated carbocycles. The van der Waals surface area contributed by atoms with E-state index in [1.54, 1.807) is 7.11 Å². The fourth-order valence-corrected chi connectivity index (χ4v) is 2.41. The number of ether oxygens (including phenoxy) is 2. The highest BCUT2D eigenvalue weighted by Crippen LogP contribution is 2.22. The Morgan fingerprint density at radius 1 is 1.24 bits per heavy atom. The fraction of sp³-hybridized carbons (Fsp3) is 0.765. The Balaban J connectivity index is 2.36. The Hall–Kier alpha value is -0.840. The number of rotatable bonds is 12. The molecule has 4 nitrogen and oxygen atoms in total. The van der Waals surface area contributed by atoms with Crippen molar-refractivity contribution in [2.75, 3.05) is 33.5 Å². The topological polar surface area (TPSA) is 35.4 Å². The molecule has 21 heavy (non-hydrogen) atoms. The molecule has 0 fully saturated rings. The quantitative estimate of drug-likeness (QED) is 0.601. The summed E-state index contributed by atoms with van der Waals surface area (Å²) in [5.41, 5.74) is 1.39. The molecule has 1 aromatic rings. The largest absolute Gasteiger partial charge is 0.382 e. The number of hydrogen-bond acceptors (Lipinski definition) is 3. The zero-order valence-corrected chi connectivity index (χ0v) is 14.1. The minimum absolute atomic E-state index is 0.448. The van der Waals surface area contributed by atoms with Crippen LogP contribution in [0.4, 0.5) is 0 Å². The van der Waals surface area contributed by atoms with E-state index < -0.39 is 0 Å². The molecule has 0 radical (unpaired) electrons. The summed E-state index contributed by atoms with van der Waals surface area (Å²) in [6, 6.07) is 2.68. The summed E-state index contributed by atoms with van der Waals surface area (Å²) in [7, 11) is 1.70. The van der Waals surface area contributed by atoms with Gasteiger partial charge in [0.15, 0.2) is 0 Å². The maximum atomic E-state index is 5.49. The van der Waals surface area contributed by atoms with Crippen LogP contribution in [0.2, 0.25) is 0 Å². The molecule has 0 spiro atoms. The second-order valence-electron chi connectivity index (χ2n) is 5.82. The van der Waals surface area contributed by atoms with Gasteiger partial charge in [-0.3, -0.25) is 0 Å². The highest BCUT2D eigenvalue weighted by molar-refractivity contribution is 5.16. The summed E-state index contributed by atoms with van der Waals surface area (Å²) >= 11 is 0. The van der Waals surface area contributed by atoms with Crippen molar-refractivity contribution in [1.29, 1.82) is 0 Å². The van der Waals surface area contributed by atoms with Crippen LogP contribution in [0.3, 0.4) is 0 Å². The lowest BCUT2D eigenvalue weighted by Gasteiger charge is -2.21. The first-order valence-corrected chi connectivity index (χ1v) is 8.14. The van der Waals surface area contributed by atoms with Gasteiger partial charge >= 0.3 is 0 Å². The van der Waals surface area contributed by atoms with Gasteiger partial charge in [0.1, 0.15) is 0 Å². The highest BCUT2D eigenvalue weighted by atomic mass is 16.5. The number of nitrogens with zero attached hydrogens (tertiary/aromatic N) is 1. The maximum Gasteiger partial charge on any atom is 0.0700 e. The molecule has 1 rings (SSSR count). The van der Waals surface area contributed by atoms with Gasteiger partial charge in [-0.15, -0.1) is 0 Å². The van der Waals surface area contributed by atoms with Crippen molar-refractivity contribution in [3.8, 4) is 0 Å². The number of hydrogen-bond donors (Lipinski definition) is 1. The average Bonchev–Trinajstić information content (AvgIpc) is 2.91. The Morgan fingerprint density at radius 3 is 2.71 bits per heavy atom. The molecule has 0 aliphatic carbocycles. The second-order valence-corrected chi connectivity index (χ2v) is 5.82. The van der Waals surface area contributed by atoms with E-state index in [1.165, 1.54) is 12.0 Å². The van der Waals surface area contributed by atoms with Gasteiger partial charge in [0, 0.05) is 38.7 Å². The van der Waals surface area contributed by atoms with E-state index in [9.17, 15) is 0 Å². The van der Waals surface area contributed by atoms with Crippen LogP contribution in [0, 0.1) is 5.92 Å². The van der Waals surface area contributed by atoms with Crippen LogP contribution in [0.5, 0.6) is 0 Å². The summed E-state index contributed by atoms with van der Waals surface area (Å²) in [4.78, 5) is 0. The smallest absolute Gasteiger partial charge is 0.0700 e. The summed E-state index contributed by atoms with van der Waals surface area (Å²) in [5.74, 6) is 0.602. The molecule has 1 heterocycles. The van der Waals surface area contributed by atoms with E-state index in [2.05, 4.69) is 49.1 Å². The standard InChI is InChI=1S/C17H32N2O2/c1-5-8-18-17(15(2)3)16-7-10-19(14-16)9-6-11-21-13-12-20-4/h7,10,14-15,17-18H,5-6,8-9,11-13H2,1-4H3. The molecule has 1 atom stereocenters. The zero-order chi connectivity index (χ0) is 15.5. The van der Waals surface area contributed by atoms with Gasteiger partial charge in [-0.25, -0.2) is 0 Å². The molecule has 1 N–H and O–H groups in total. The molecule has 0 saturated heterocycles. The predicted molar refractivity (Wildman–Crippen MR) is 87.6 cm³/mol. The normalized spacial score (nSPS) is 13.0. The van der Waals surface area contributed by atoms with E-state index in [1.807, 2.05) is 0 Å². The van der Waals surface area contributed by atoms with Crippen LogP contribution in [0.1, 0.15) is 45.2 Å². The monoisotopic (exact) mass is 296 g/mol. The minimum Gasteiger partial charge on any atom is -0.382 e. The van der Waals surface area contributed by atoms with Gasteiger partial charge in [0.25, 0.3) is 0 Å². The maximum absolute atomic E-state index is 5.49. The van der Waals surface area contributed by atoms with Gasteiger partial charge in [-0.1, -0.05) is 20.8 Å². The third-order valence-corrected chi connectivity index (χ3v) is 3.55. The van der Waals surface area contributed by atoms with Crippen molar-refractivity contribution in [3.05, 3.63) is 24.0 Å². The summed E-state index contributed by atoms with van der Waals surface area (Å²) in [6.45, 7) is 11.0. The summed E-state index contributed by atoms with van der Waals surface area (Å²) < 4.78 is 12.7. The first-order valence-electron chi connectivity index (χ1n) is 8.14. The Labute approximate surface area is 129 Å². The molecule has 1 unspecified atom stereocenters. The molecule has 4 heteroatoms. The fourth-order valence-electron chi connectivity index (χ4n) is 2.41. The molecular formula is C17H32N2O2. The molecule has 0 aliphatic heterocycles. The van der Waals surface area contributed by atoms with E-state index in [4.69, 9.17) is 9.47 Å². The first kappa shape index (κ1) is 18.2. The Morgan fingerprint density at radius 2 is 2.05 bits per heavy atom. The summed E-state index contributed by atoms with van der Waals surface area (Å²) in [5, 5.41) is 3.64. The van der Waals surface area contributed by atoms with Crippen LogP contribution < -0.4 is 5.32 Å². The number of aryl methyl sites for hydroxylation is 1. The van der Waals surface area contributed by atoms with Gasteiger partial charge < -0.3 is 19.4 Å². The van der Waals surface area contributed by atoms with E-state index in [0.717, 1.165) is 26.1 Å². The number of nitrogens with one attached hydrogen (secondary N) is 1. The van der Waals surface area contributed by atoms with Crippen molar-refractivity contribution in [2.45, 2.75) is 46.2 Å². The molecule has 0 aliphatic rings. The van der Waals surface area contributed by atoms with Crippen molar-refractivity contribution >= 4 is 0 Å². The highest BCUT2D eigenvalue weighted by Gasteiger charge is 2.15. The lowest BCUT2D eigenvalue weighted by atomic mass is 9.98. The molecule has 1 aromatic heterocycles. The van der Waals surface area contributed by atoms with Crippen LogP contribution >= 0.6 is 0 Å². The van der Waals surface area contributed by atoms with Crippen molar-refractivity contribution in [3.63, 3.8) is 0 Å². The lowest BCUT2D eigenvalue weighted by molar-refractivity contribution is 0.0680. The minimum atomic E-state index is 0.448. The van der Waals surface area contributed by atoms with Gasteiger partial charge in [0.2, 0.25) is 0 Å². The van der Waals surface area contributed by atoms with Crippen LogP contribution in [-0.2, 0) is 16.0 Å². The number of methoxy groups -OCH3 is 1. The SMILES string of the molecule is CCCNC(c1ccn(CCCOCCOC)c1)C(C)C. The van der Waals surface area contributed by atoms with Crippen LogP contribution in [0.15, 0.2) is 18.5 Å². The molecule has 122 valence electrons. The van der Waals surface area contributed by atoms with E-state index in [-0.39, 0.29) is 0 Å². The van der Waals surface area contributed by atoms with Crippen LogP contribution in [-0.4, -0.2) is 38.0 Å². The number of aromatic nitrogens is 1. The first-order chi connectivity index (χ1) is 10.2. The average molecular weight is 296 g/mol. The lowest BCUT2D eigenvalue weighted by Crippen LogP contribution is -2.26. The predicted octanol–water partition coefficient (Wildman–Crippen LogP) is 3.24. The van der Waals surface area contributed by atoms with Gasteiger partial charge in [-0.2, -0.15) is 0 Å². The molecule has 0 amide bonds.